The van der Waals surface area contributed by atoms with Gasteiger partial charge in [0, 0.05) is 104 Å². The van der Waals surface area contributed by atoms with Gasteiger partial charge in [0.15, 0.2) is 0 Å². The second-order valence-corrected chi connectivity index (χ2v) is 15.3. The van der Waals surface area contributed by atoms with Crippen molar-refractivity contribution in [3.05, 3.63) is 113 Å². The van der Waals surface area contributed by atoms with E-state index in [-0.39, 0.29) is 29.7 Å². The number of nitrogens with two attached hydrogens (primary N) is 4. The number of rotatable bonds is 8. The van der Waals surface area contributed by atoms with Gasteiger partial charge in [0.2, 0.25) is 0 Å². The number of amides is 1. The number of carbonyl (C=O) groups is 1. The quantitative estimate of drug-likeness (QED) is 0.118. The van der Waals surface area contributed by atoms with Crippen molar-refractivity contribution < 1.29 is 19.0 Å². The number of halogens is 1. The summed E-state index contributed by atoms with van der Waals surface area (Å²) in [7, 11) is 0. The summed E-state index contributed by atoms with van der Waals surface area (Å²) in [5, 5.41) is 11.5. The first-order valence-corrected chi connectivity index (χ1v) is 19.0. The topological polar surface area (TPSA) is 165 Å². The minimum atomic E-state index is -1.31. The predicted octanol–water partition coefficient (Wildman–Crippen LogP) is 5.37. The number of aromatic nitrogens is 1. The Balaban J connectivity index is 0.924. The van der Waals surface area contributed by atoms with Gasteiger partial charge in [-0.05, 0) is 86.4 Å². The highest BCUT2D eigenvalue weighted by Gasteiger charge is 2.39. The van der Waals surface area contributed by atoms with E-state index >= 15 is 4.39 Å². The number of alkyl halides is 1. The van der Waals surface area contributed by atoms with E-state index in [0.717, 1.165) is 42.7 Å². The third kappa shape index (κ3) is 7.72. The van der Waals surface area contributed by atoms with Crippen LogP contribution in [0.3, 0.4) is 0 Å². The van der Waals surface area contributed by atoms with Gasteiger partial charge in [0.1, 0.15) is 23.3 Å². The summed E-state index contributed by atoms with van der Waals surface area (Å²) < 4.78 is 24.9. The number of hydrogen-bond donors (Lipinski definition) is 5. The van der Waals surface area contributed by atoms with Crippen molar-refractivity contribution in [1.82, 2.24) is 19.3 Å². The number of phenols is 1. The summed E-state index contributed by atoms with van der Waals surface area (Å²) >= 11 is 0. The number of allylic oxidation sites excluding steroid dienone is 1. The number of ether oxygens (including phenoxy) is 1. The van der Waals surface area contributed by atoms with E-state index in [9.17, 15) is 9.90 Å². The van der Waals surface area contributed by atoms with Crippen LogP contribution >= 0.6 is 0 Å². The average Bonchev–Trinajstić information content (AvgIpc) is 3.60. The van der Waals surface area contributed by atoms with E-state index in [2.05, 4.69) is 34.7 Å². The maximum absolute atomic E-state index is 16.2. The molecule has 11 nitrogen and oxygen atoms in total. The zero-order valence-corrected chi connectivity index (χ0v) is 31.3. The van der Waals surface area contributed by atoms with Crippen molar-refractivity contribution in [2.75, 3.05) is 51.5 Å². The Morgan fingerprint density at radius 3 is 2.33 bits per heavy atom. The highest BCUT2D eigenvalue weighted by molar-refractivity contribution is 5.94. The second-order valence-electron chi connectivity index (χ2n) is 15.3. The normalized spacial score (nSPS) is 21.4. The Morgan fingerprint density at radius 1 is 0.944 bits per heavy atom. The molecule has 1 amide bonds. The summed E-state index contributed by atoms with van der Waals surface area (Å²) in [6.07, 6.45) is 5.97. The number of fused-ring (bicyclic) bond motifs is 1. The van der Waals surface area contributed by atoms with Gasteiger partial charge in [0.25, 0.3) is 5.91 Å². The average molecular weight is 737 g/mol. The molecule has 4 heterocycles. The van der Waals surface area contributed by atoms with Crippen LogP contribution in [0.2, 0.25) is 0 Å². The van der Waals surface area contributed by atoms with Crippen molar-refractivity contribution in [3.8, 4) is 5.75 Å². The first-order valence-electron chi connectivity index (χ1n) is 19.0. The third-order valence-corrected chi connectivity index (χ3v) is 11.6. The molecule has 0 saturated carbocycles. The summed E-state index contributed by atoms with van der Waals surface area (Å²) in [6, 6.07) is 20.9. The molecule has 7 rings (SSSR count). The Hall–Kier alpha value is -5.20. The van der Waals surface area contributed by atoms with Gasteiger partial charge in [0.05, 0.1) is 11.8 Å². The van der Waals surface area contributed by atoms with Crippen LogP contribution < -0.4 is 22.9 Å². The molecule has 12 heteroatoms. The van der Waals surface area contributed by atoms with Crippen LogP contribution in [-0.2, 0) is 4.74 Å². The maximum atomic E-state index is 16.2. The zero-order chi connectivity index (χ0) is 38.1. The van der Waals surface area contributed by atoms with Crippen LogP contribution in [0.5, 0.6) is 5.75 Å². The molecule has 3 aliphatic rings. The first kappa shape index (κ1) is 37.1. The van der Waals surface area contributed by atoms with E-state index in [4.69, 9.17) is 27.7 Å². The smallest absolute Gasteiger partial charge is 0.253 e. The molecule has 1 aromatic heterocycles. The van der Waals surface area contributed by atoms with Crippen LogP contribution in [0.1, 0.15) is 71.8 Å². The van der Waals surface area contributed by atoms with E-state index in [1.807, 2.05) is 42.2 Å². The third-order valence-electron chi connectivity index (χ3n) is 11.6. The predicted molar refractivity (Wildman–Crippen MR) is 212 cm³/mol. The molecule has 3 fully saturated rings. The summed E-state index contributed by atoms with van der Waals surface area (Å²) in [5.74, 6) is 0.0773. The number of phenolic OH excluding ortho intramolecular Hbond substituents is 1. The minimum absolute atomic E-state index is 0.0637. The Morgan fingerprint density at radius 2 is 1.65 bits per heavy atom. The summed E-state index contributed by atoms with van der Waals surface area (Å²) in [6.45, 7) is 7.90. The highest BCUT2D eigenvalue weighted by atomic mass is 19.1. The number of morpholine rings is 1. The number of piperidine rings is 2. The van der Waals surface area contributed by atoms with Crippen LogP contribution in [0.25, 0.3) is 16.6 Å². The van der Waals surface area contributed by atoms with E-state index in [0.29, 0.717) is 74.1 Å². The molecule has 2 unspecified atom stereocenters. The van der Waals surface area contributed by atoms with Gasteiger partial charge in [-0.2, -0.15) is 0 Å². The lowest BCUT2D eigenvalue weighted by Crippen LogP contribution is -2.51. The van der Waals surface area contributed by atoms with Crippen LogP contribution in [0, 0.1) is 6.92 Å². The molecule has 0 spiro atoms. The number of nitrogens with zero attached hydrogens (tertiary/aromatic N) is 4. The van der Waals surface area contributed by atoms with Gasteiger partial charge in [-0.1, -0.05) is 24.3 Å². The van der Waals surface area contributed by atoms with Crippen LogP contribution in [-0.4, -0.2) is 87.9 Å². The molecule has 286 valence electrons. The molecule has 4 aromatic rings. The van der Waals surface area contributed by atoms with E-state index in [1.54, 1.807) is 35.2 Å². The van der Waals surface area contributed by atoms with Crippen LogP contribution in [0.4, 0.5) is 10.1 Å². The second kappa shape index (κ2) is 15.3. The van der Waals surface area contributed by atoms with Gasteiger partial charge in [-0.25, -0.2) is 4.39 Å². The largest absolute Gasteiger partial charge is 0.507 e. The minimum Gasteiger partial charge on any atom is -0.507 e. The molecule has 0 bridgehead atoms. The van der Waals surface area contributed by atoms with Crippen molar-refractivity contribution in [2.24, 2.45) is 17.2 Å². The Labute approximate surface area is 316 Å². The summed E-state index contributed by atoms with van der Waals surface area (Å²) in [4.78, 5) is 19.6. The zero-order valence-electron chi connectivity index (χ0n) is 31.3. The molecule has 0 aliphatic carbocycles. The fourth-order valence-corrected chi connectivity index (χ4v) is 8.40. The first-order chi connectivity index (χ1) is 25.9. The number of aryl methyl sites for hydroxylation is 1. The number of anilines is 1. The fraction of sp³-hybridized carbons (Fsp3) is 0.405. The highest BCUT2D eigenvalue weighted by Crippen LogP contribution is 2.35. The number of para-hydroxylation sites is 1. The summed E-state index contributed by atoms with van der Waals surface area (Å²) in [5.41, 5.74) is 29.4. The molecule has 0 radical (unpaired) electrons. The molecule has 3 saturated heterocycles. The lowest BCUT2D eigenvalue weighted by Gasteiger charge is -2.41. The molecular formula is C42H53FN8O3. The number of hydrogen-bond acceptors (Lipinski definition) is 9. The molecule has 3 aromatic carbocycles. The number of aromatic hydroxyl groups is 1. The van der Waals surface area contributed by atoms with E-state index < -0.39 is 5.67 Å². The van der Waals surface area contributed by atoms with Crippen LogP contribution in [0.15, 0.2) is 90.5 Å². The van der Waals surface area contributed by atoms with Gasteiger partial charge in [-0.3, -0.25) is 4.79 Å². The SMILES string of the molecule is Cc1c(N)ccc2c1ccn2C1CCN(CC2(F)CCN(C(=O)c3ccc(C4CN(C(/C=C(\N)c5ccccc5O)=C(N)N)CC(C)O4)cc3)CC2)CC1. The molecular weight excluding hydrogens is 684 g/mol. The number of carbonyl (C=O) groups excluding carboxylic acids is 1. The molecule has 3 aliphatic heterocycles. The maximum Gasteiger partial charge on any atom is 0.253 e. The monoisotopic (exact) mass is 736 g/mol. The Bertz CT molecular complexity index is 2040. The van der Waals surface area contributed by atoms with Crippen molar-refractivity contribution >= 4 is 28.2 Å². The van der Waals surface area contributed by atoms with Crippen molar-refractivity contribution in [1.29, 1.82) is 0 Å². The molecule has 9 N–H and O–H groups in total. The number of likely N-dealkylation sites (tertiary alicyclic amines) is 2. The Kier molecular flexibility index (Phi) is 10.5. The lowest BCUT2D eigenvalue weighted by molar-refractivity contribution is -0.0683. The van der Waals surface area contributed by atoms with Gasteiger partial charge < -0.3 is 52.0 Å². The number of benzene rings is 3. The number of nitrogen functional groups attached to an aromatic ring is 1. The van der Waals surface area contributed by atoms with Crippen molar-refractivity contribution in [2.45, 2.75) is 63.4 Å². The van der Waals surface area contributed by atoms with Gasteiger partial charge in [-0.15, -0.1) is 0 Å². The van der Waals surface area contributed by atoms with Crippen molar-refractivity contribution in [3.63, 3.8) is 0 Å². The lowest BCUT2D eigenvalue weighted by atomic mass is 9.91. The van der Waals surface area contributed by atoms with E-state index in [1.165, 1.54) is 10.9 Å². The molecule has 2 atom stereocenters. The molecule has 54 heavy (non-hydrogen) atoms. The van der Waals surface area contributed by atoms with Gasteiger partial charge >= 0.3 is 0 Å². The fourth-order valence-electron chi connectivity index (χ4n) is 8.40. The standard InChI is InChI=1S/C42H53FN8O3/c1-27-24-50(37(40(46)47)23-35(45)33-5-3-4-6-38(33)52)25-39(54-27)29-7-9-30(10-8-29)41(53)49-21-16-42(43,17-22-49)26-48-18-13-31(14-19-48)51-20-15-32-28(2)34(44)11-12-36(32)51/h3-12,15,20,23,27,31,39,52H,13-14,16-19,21-22,24-26,44-47H2,1-2H3/b35-23-.